The molecule has 2 aromatic heterocycles. The van der Waals surface area contributed by atoms with Crippen LogP contribution in [0.4, 0.5) is 5.69 Å². The van der Waals surface area contributed by atoms with E-state index in [9.17, 15) is 4.79 Å². The zero-order chi connectivity index (χ0) is 18.8. The van der Waals surface area contributed by atoms with Gasteiger partial charge >= 0.3 is 0 Å². The van der Waals surface area contributed by atoms with Gasteiger partial charge in [-0.25, -0.2) is 4.98 Å². The van der Waals surface area contributed by atoms with Crippen molar-refractivity contribution < 1.29 is 9.53 Å². The van der Waals surface area contributed by atoms with Crippen molar-refractivity contribution >= 4 is 45.4 Å². The number of hydrogen-bond acceptors (Lipinski definition) is 5. The molecule has 0 saturated heterocycles. The van der Waals surface area contributed by atoms with Gasteiger partial charge < -0.3 is 10.1 Å². The number of hydrogen-bond donors (Lipinski definition) is 2. The van der Waals surface area contributed by atoms with Gasteiger partial charge in [0.2, 0.25) is 0 Å². The summed E-state index contributed by atoms with van der Waals surface area (Å²) >= 11 is 7.19. The van der Waals surface area contributed by atoms with Crippen molar-refractivity contribution in [1.29, 1.82) is 0 Å². The summed E-state index contributed by atoms with van der Waals surface area (Å²) in [5.74, 6) is 0.511. The number of H-pyrrole nitrogens is 1. The molecule has 2 N–H and O–H groups in total. The third-order valence-electron chi connectivity index (χ3n) is 3.92. The van der Waals surface area contributed by atoms with Gasteiger partial charge in [0.15, 0.2) is 0 Å². The summed E-state index contributed by atoms with van der Waals surface area (Å²) in [7, 11) is 0. The number of nitrogens with zero attached hydrogens (tertiary/aromatic N) is 2. The number of halogens is 1. The molecule has 0 aliphatic rings. The number of carbonyl (C=O) groups is 1. The highest BCUT2D eigenvalue weighted by molar-refractivity contribution is 7.13. The number of amides is 1. The van der Waals surface area contributed by atoms with Gasteiger partial charge in [0.1, 0.15) is 22.2 Å². The Hall–Kier alpha value is -2.90. The van der Waals surface area contributed by atoms with Crippen LogP contribution in [0, 0.1) is 6.92 Å². The molecule has 0 saturated carbocycles. The molecule has 0 aliphatic carbocycles. The minimum atomic E-state index is -0.189. The lowest BCUT2D eigenvalue weighted by Crippen LogP contribution is -2.11. The molecular weight excluding hydrogens is 384 g/mol. The van der Waals surface area contributed by atoms with E-state index in [1.807, 2.05) is 25.1 Å². The molecule has 0 spiro atoms. The second kappa shape index (κ2) is 7.38. The number of aromatic amines is 1. The zero-order valence-electron chi connectivity index (χ0n) is 14.3. The van der Waals surface area contributed by atoms with E-state index in [0.29, 0.717) is 33.6 Å². The normalized spacial score (nSPS) is 10.9. The number of fused-ring (bicyclic) bond motifs is 1. The Balaban J connectivity index is 1.45. The molecule has 4 rings (SSSR count). The van der Waals surface area contributed by atoms with Crippen LogP contribution in [0.15, 0.2) is 48.7 Å². The van der Waals surface area contributed by atoms with Crippen molar-refractivity contribution in [2.75, 3.05) is 5.32 Å². The summed E-state index contributed by atoms with van der Waals surface area (Å²) in [6.07, 6.45) is 1.72. The van der Waals surface area contributed by atoms with Gasteiger partial charge in [-0.2, -0.15) is 5.10 Å². The third-order valence-corrected chi connectivity index (χ3v) is 5.30. The first-order valence-corrected chi connectivity index (χ1v) is 9.37. The second-order valence-electron chi connectivity index (χ2n) is 5.89. The molecule has 6 nitrogen and oxygen atoms in total. The minimum absolute atomic E-state index is 0.189. The van der Waals surface area contributed by atoms with Crippen LogP contribution in [0.1, 0.15) is 20.4 Å². The van der Waals surface area contributed by atoms with Crippen LogP contribution in [-0.4, -0.2) is 21.1 Å². The second-order valence-corrected chi connectivity index (χ2v) is 7.41. The molecule has 27 heavy (non-hydrogen) atoms. The highest BCUT2D eigenvalue weighted by Crippen LogP contribution is 2.23. The minimum Gasteiger partial charge on any atom is -0.486 e. The Kier molecular flexibility index (Phi) is 4.79. The van der Waals surface area contributed by atoms with Crippen LogP contribution >= 0.6 is 22.9 Å². The van der Waals surface area contributed by atoms with Gasteiger partial charge in [-0.1, -0.05) is 11.6 Å². The van der Waals surface area contributed by atoms with E-state index in [1.54, 1.807) is 30.5 Å². The highest BCUT2D eigenvalue weighted by atomic mass is 35.5. The average Bonchev–Trinajstić information content (AvgIpc) is 3.27. The van der Waals surface area contributed by atoms with Gasteiger partial charge in [-0.3, -0.25) is 9.89 Å². The maximum atomic E-state index is 12.6. The van der Waals surface area contributed by atoms with Crippen molar-refractivity contribution in [2.24, 2.45) is 0 Å². The first-order valence-electron chi connectivity index (χ1n) is 8.17. The molecule has 0 unspecified atom stereocenters. The Morgan fingerprint density at radius 1 is 1.26 bits per heavy atom. The van der Waals surface area contributed by atoms with Crippen LogP contribution in [0.25, 0.3) is 10.9 Å². The van der Waals surface area contributed by atoms with Crippen molar-refractivity contribution in [1.82, 2.24) is 15.2 Å². The third kappa shape index (κ3) is 3.94. The molecule has 0 radical (unpaired) electrons. The van der Waals surface area contributed by atoms with Gasteiger partial charge in [0, 0.05) is 16.1 Å². The van der Waals surface area contributed by atoms with Gasteiger partial charge in [0.25, 0.3) is 5.91 Å². The van der Waals surface area contributed by atoms with Crippen LogP contribution in [0.2, 0.25) is 5.02 Å². The van der Waals surface area contributed by atoms with E-state index in [4.69, 9.17) is 16.3 Å². The van der Waals surface area contributed by atoms with E-state index in [-0.39, 0.29) is 5.91 Å². The van der Waals surface area contributed by atoms with Crippen LogP contribution < -0.4 is 10.1 Å². The van der Waals surface area contributed by atoms with Crippen molar-refractivity contribution in [3.8, 4) is 5.75 Å². The van der Waals surface area contributed by atoms with Crippen molar-refractivity contribution in [3.63, 3.8) is 0 Å². The summed E-state index contributed by atoms with van der Waals surface area (Å²) in [5, 5.41) is 12.1. The van der Waals surface area contributed by atoms with E-state index in [1.165, 1.54) is 11.3 Å². The topological polar surface area (TPSA) is 79.9 Å². The standard InChI is InChI=1S/C19H15ClN4O2S/c1-11-18(19(25)23-14-4-7-16-12(8-14)9-21-24-16)27-17(22-11)10-26-15-5-2-13(20)3-6-15/h2-9H,10H2,1H3,(H,21,24)(H,23,25). The number of benzene rings is 2. The SMILES string of the molecule is Cc1nc(COc2ccc(Cl)cc2)sc1C(=O)Nc1ccc2[nH]ncc2c1. The average molecular weight is 399 g/mol. The largest absolute Gasteiger partial charge is 0.486 e. The fourth-order valence-corrected chi connectivity index (χ4v) is 3.61. The zero-order valence-corrected chi connectivity index (χ0v) is 15.9. The summed E-state index contributed by atoms with van der Waals surface area (Å²) in [5.41, 5.74) is 2.31. The lowest BCUT2D eigenvalue weighted by atomic mass is 10.2. The van der Waals surface area contributed by atoms with E-state index >= 15 is 0 Å². The predicted octanol–water partition coefficient (Wildman–Crippen LogP) is 4.81. The lowest BCUT2D eigenvalue weighted by Gasteiger charge is -2.04. The fourth-order valence-electron chi connectivity index (χ4n) is 2.61. The quantitative estimate of drug-likeness (QED) is 0.505. The first kappa shape index (κ1) is 17.5. The Morgan fingerprint density at radius 3 is 2.89 bits per heavy atom. The Morgan fingerprint density at radius 2 is 2.07 bits per heavy atom. The maximum absolute atomic E-state index is 12.6. The fraction of sp³-hybridized carbons (Fsp3) is 0.105. The number of anilines is 1. The first-order chi connectivity index (χ1) is 13.1. The van der Waals surface area contributed by atoms with Gasteiger partial charge in [-0.05, 0) is 49.4 Å². The molecule has 0 aliphatic heterocycles. The van der Waals surface area contributed by atoms with Crippen molar-refractivity contribution in [2.45, 2.75) is 13.5 Å². The van der Waals surface area contributed by atoms with Crippen LogP contribution in [-0.2, 0) is 6.61 Å². The number of nitrogens with one attached hydrogen (secondary N) is 2. The Labute approximate surface area is 164 Å². The number of aryl methyl sites for hydroxylation is 1. The van der Waals surface area contributed by atoms with E-state index in [2.05, 4.69) is 20.5 Å². The number of aromatic nitrogens is 3. The molecule has 8 heteroatoms. The summed E-state index contributed by atoms with van der Waals surface area (Å²) < 4.78 is 5.70. The molecule has 0 atom stereocenters. The van der Waals surface area contributed by atoms with Crippen molar-refractivity contribution in [3.05, 3.63) is 69.3 Å². The molecule has 0 fully saturated rings. The Bertz CT molecular complexity index is 1100. The lowest BCUT2D eigenvalue weighted by molar-refractivity contribution is 0.103. The molecule has 2 heterocycles. The van der Waals surface area contributed by atoms with E-state index < -0.39 is 0 Å². The molecule has 2 aromatic carbocycles. The molecule has 1 amide bonds. The monoisotopic (exact) mass is 398 g/mol. The molecule has 136 valence electrons. The number of ether oxygens (including phenoxy) is 1. The summed E-state index contributed by atoms with van der Waals surface area (Å²) in [6.45, 7) is 2.11. The number of rotatable bonds is 5. The maximum Gasteiger partial charge on any atom is 0.267 e. The van der Waals surface area contributed by atoms with Crippen LogP contribution in [0.5, 0.6) is 5.75 Å². The molecule has 0 bridgehead atoms. The highest BCUT2D eigenvalue weighted by Gasteiger charge is 2.16. The van der Waals surface area contributed by atoms with E-state index in [0.717, 1.165) is 15.9 Å². The van der Waals surface area contributed by atoms with Gasteiger partial charge in [-0.15, -0.1) is 11.3 Å². The number of carbonyl (C=O) groups excluding carboxylic acids is 1. The molecule has 4 aromatic rings. The number of thiazole rings is 1. The predicted molar refractivity (Wildman–Crippen MR) is 107 cm³/mol. The van der Waals surface area contributed by atoms with Crippen LogP contribution in [0.3, 0.4) is 0 Å². The summed E-state index contributed by atoms with van der Waals surface area (Å²) in [4.78, 5) is 17.6. The molecular formula is C19H15ClN4O2S. The summed E-state index contributed by atoms with van der Waals surface area (Å²) in [6, 6.07) is 12.7. The smallest absolute Gasteiger partial charge is 0.267 e. The van der Waals surface area contributed by atoms with Gasteiger partial charge in [0.05, 0.1) is 17.4 Å².